The number of nitrogens with one attached hydrogen (secondary N) is 1. The number of likely N-dealkylation sites (tertiary alicyclic amines) is 1. The van der Waals surface area contributed by atoms with E-state index in [1.165, 1.54) is 0 Å². The van der Waals surface area contributed by atoms with Crippen LogP contribution in [0.2, 0.25) is 0 Å². The molecule has 1 aromatic rings. The Labute approximate surface area is 99.8 Å². The fraction of sp³-hybridized carbons (Fsp3) is 0.583. The lowest BCUT2D eigenvalue weighted by atomic mass is 9.99. The maximum atomic E-state index is 13.4. The molecule has 2 rings (SSSR count). The molecule has 1 N–H and O–H groups in total. The number of aromatic nitrogens is 1. The second kappa shape index (κ2) is 4.96. The van der Waals surface area contributed by atoms with Gasteiger partial charge in [0.05, 0.1) is 6.20 Å². The number of halogens is 2. The fourth-order valence-corrected chi connectivity index (χ4v) is 2.13. The third-order valence-corrected chi connectivity index (χ3v) is 3.36. The monoisotopic (exact) mass is 241 g/mol. The lowest BCUT2D eigenvalue weighted by molar-refractivity contribution is 0.190. The van der Waals surface area contributed by atoms with Crippen molar-refractivity contribution in [2.24, 2.45) is 0 Å². The number of piperidine rings is 1. The first-order chi connectivity index (χ1) is 8.06. The van der Waals surface area contributed by atoms with Gasteiger partial charge in [0, 0.05) is 24.7 Å². The average Bonchev–Trinajstić information content (AvgIpc) is 2.27. The van der Waals surface area contributed by atoms with Crippen molar-refractivity contribution in [3.05, 3.63) is 23.9 Å². The van der Waals surface area contributed by atoms with E-state index in [1.54, 1.807) is 0 Å². The zero-order chi connectivity index (χ0) is 12.4. The van der Waals surface area contributed by atoms with Gasteiger partial charge < -0.3 is 10.2 Å². The van der Waals surface area contributed by atoms with Gasteiger partial charge in [-0.2, -0.15) is 0 Å². The Morgan fingerprint density at radius 2 is 2.24 bits per heavy atom. The van der Waals surface area contributed by atoms with E-state index < -0.39 is 11.6 Å². The van der Waals surface area contributed by atoms with Crippen molar-refractivity contribution in [1.82, 2.24) is 9.88 Å². The summed E-state index contributed by atoms with van der Waals surface area (Å²) in [6, 6.07) is 1.52. The molecule has 5 heteroatoms. The zero-order valence-corrected chi connectivity index (χ0v) is 10.1. The van der Waals surface area contributed by atoms with E-state index in [-0.39, 0.29) is 11.9 Å². The van der Waals surface area contributed by atoms with Crippen LogP contribution in [0.4, 0.5) is 14.6 Å². The third kappa shape index (κ3) is 2.91. The highest BCUT2D eigenvalue weighted by Crippen LogP contribution is 2.20. The van der Waals surface area contributed by atoms with Crippen molar-refractivity contribution in [2.45, 2.75) is 31.8 Å². The van der Waals surface area contributed by atoms with E-state index in [9.17, 15) is 8.78 Å². The highest BCUT2D eigenvalue weighted by molar-refractivity contribution is 5.37. The summed E-state index contributed by atoms with van der Waals surface area (Å²) in [5, 5.41) is 3.05. The summed E-state index contributed by atoms with van der Waals surface area (Å²) in [6.45, 7) is 3.12. The van der Waals surface area contributed by atoms with Crippen molar-refractivity contribution < 1.29 is 8.78 Å². The van der Waals surface area contributed by atoms with E-state index in [0.29, 0.717) is 6.04 Å². The Morgan fingerprint density at radius 3 is 2.88 bits per heavy atom. The van der Waals surface area contributed by atoms with Gasteiger partial charge in [0.15, 0.2) is 11.6 Å². The van der Waals surface area contributed by atoms with E-state index in [4.69, 9.17) is 0 Å². The van der Waals surface area contributed by atoms with Crippen LogP contribution in [0.25, 0.3) is 0 Å². The lowest BCUT2D eigenvalue weighted by Crippen LogP contribution is -2.42. The van der Waals surface area contributed by atoms with Gasteiger partial charge in [-0.05, 0) is 26.8 Å². The molecule has 0 bridgehead atoms. The highest BCUT2D eigenvalue weighted by atomic mass is 19.1. The molecule has 1 aromatic heterocycles. The van der Waals surface area contributed by atoms with Crippen LogP contribution in [0.1, 0.15) is 19.8 Å². The predicted molar refractivity (Wildman–Crippen MR) is 62.9 cm³/mol. The standard InChI is InChI=1S/C12H17F2N3/c1-8-5-10(3-4-17(8)2)16-12-11(14)6-9(13)7-15-12/h6-8,10H,3-5H2,1-2H3,(H,15,16). The fourth-order valence-electron chi connectivity index (χ4n) is 2.13. The summed E-state index contributed by atoms with van der Waals surface area (Å²) in [5.41, 5.74) is 0. The average molecular weight is 241 g/mol. The van der Waals surface area contributed by atoms with Crippen LogP contribution < -0.4 is 5.32 Å². The van der Waals surface area contributed by atoms with Gasteiger partial charge in [-0.1, -0.05) is 0 Å². The molecule has 2 heterocycles. The molecule has 0 aromatic carbocycles. The first-order valence-corrected chi connectivity index (χ1v) is 5.84. The van der Waals surface area contributed by atoms with Crippen LogP contribution >= 0.6 is 0 Å². The molecule has 1 fully saturated rings. The van der Waals surface area contributed by atoms with Crippen molar-refractivity contribution in [3.63, 3.8) is 0 Å². The molecule has 1 aliphatic rings. The van der Waals surface area contributed by atoms with Gasteiger partial charge >= 0.3 is 0 Å². The van der Waals surface area contributed by atoms with Crippen molar-refractivity contribution in [3.8, 4) is 0 Å². The summed E-state index contributed by atoms with van der Waals surface area (Å²) in [5.74, 6) is -1.13. The second-order valence-electron chi connectivity index (χ2n) is 4.68. The number of nitrogens with zero attached hydrogens (tertiary/aromatic N) is 2. The molecule has 94 valence electrons. The minimum atomic E-state index is -0.648. The van der Waals surface area contributed by atoms with Gasteiger partial charge in [0.1, 0.15) is 5.82 Å². The van der Waals surface area contributed by atoms with Crippen LogP contribution in [-0.4, -0.2) is 35.6 Å². The van der Waals surface area contributed by atoms with Gasteiger partial charge in [0.2, 0.25) is 0 Å². The predicted octanol–water partition coefficient (Wildman–Crippen LogP) is 2.25. The van der Waals surface area contributed by atoms with E-state index in [1.807, 2.05) is 0 Å². The normalized spacial score (nSPS) is 25.9. The minimum absolute atomic E-state index is 0.146. The van der Waals surface area contributed by atoms with Gasteiger partial charge in [0.25, 0.3) is 0 Å². The molecule has 0 radical (unpaired) electrons. The molecule has 0 aliphatic carbocycles. The molecule has 2 unspecified atom stereocenters. The van der Waals surface area contributed by atoms with Gasteiger partial charge in [-0.15, -0.1) is 0 Å². The first kappa shape index (κ1) is 12.2. The largest absolute Gasteiger partial charge is 0.365 e. The summed E-state index contributed by atoms with van der Waals surface area (Å²) < 4.78 is 26.1. The quantitative estimate of drug-likeness (QED) is 0.860. The van der Waals surface area contributed by atoms with Crippen molar-refractivity contribution in [1.29, 1.82) is 0 Å². The summed E-state index contributed by atoms with van der Waals surface area (Å²) in [6.07, 6.45) is 2.91. The van der Waals surface area contributed by atoms with Crippen LogP contribution in [0.3, 0.4) is 0 Å². The molecule has 1 aliphatic heterocycles. The molecular weight excluding hydrogens is 224 g/mol. The Balaban J connectivity index is 2.01. The summed E-state index contributed by atoms with van der Waals surface area (Å²) >= 11 is 0. The molecule has 0 amide bonds. The van der Waals surface area contributed by atoms with Crippen LogP contribution in [-0.2, 0) is 0 Å². The molecule has 17 heavy (non-hydrogen) atoms. The highest BCUT2D eigenvalue weighted by Gasteiger charge is 2.23. The molecule has 0 spiro atoms. The van der Waals surface area contributed by atoms with Gasteiger partial charge in [-0.25, -0.2) is 13.8 Å². The summed E-state index contributed by atoms with van der Waals surface area (Å²) in [7, 11) is 2.08. The SMILES string of the molecule is CC1CC(Nc2ncc(F)cc2F)CCN1C. The summed E-state index contributed by atoms with van der Waals surface area (Å²) in [4.78, 5) is 6.01. The van der Waals surface area contributed by atoms with Crippen LogP contribution in [0.15, 0.2) is 12.3 Å². The Bertz CT molecular complexity index is 397. The number of rotatable bonds is 2. The number of anilines is 1. The van der Waals surface area contributed by atoms with E-state index in [2.05, 4.69) is 29.2 Å². The minimum Gasteiger partial charge on any atom is -0.365 e. The second-order valence-corrected chi connectivity index (χ2v) is 4.68. The molecule has 3 nitrogen and oxygen atoms in total. The lowest BCUT2D eigenvalue weighted by Gasteiger charge is -2.35. The maximum absolute atomic E-state index is 13.4. The van der Waals surface area contributed by atoms with Crippen LogP contribution in [0.5, 0.6) is 0 Å². The van der Waals surface area contributed by atoms with Crippen molar-refractivity contribution in [2.75, 3.05) is 18.9 Å². The number of hydrogen-bond donors (Lipinski definition) is 1. The first-order valence-electron chi connectivity index (χ1n) is 5.84. The Hall–Kier alpha value is -1.23. The molecule has 1 saturated heterocycles. The number of pyridine rings is 1. The van der Waals surface area contributed by atoms with Gasteiger partial charge in [-0.3, -0.25) is 0 Å². The topological polar surface area (TPSA) is 28.2 Å². The smallest absolute Gasteiger partial charge is 0.168 e. The molecule has 2 atom stereocenters. The number of hydrogen-bond acceptors (Lipinski definition) is 3. The Morgan fingerprint density at radius 1 is 1.47 bits per heavy atom. The third-order valence-electron chi connectivity index (χ3n) is 3.36. The zero-order valence-electron chi connectivity index (χ0n) is 10.1. The maximum Gasteiger partial charge on any atom is 0.168 e. The van der Waals surface area contributed by atoms with E-state index in [0.717, 1.165) is 31.6 Å². The van der Waals surface area contributed by atoms with Crippen LogP contribution in [0, 0.1) is 11.6 Å². The van der Waals surface area contributed by atoms with E-state index >= 15 is 0 Å². The Kier molecular flexibility index (Phi) is 3.57. The molecule has 0 saturated carbocycles. The van der Waals surface area contributed by atoms with Crippen molar-refractivity contribution >= 4 is 5.82 Å². The molecular formula is C12H17F2N3.